The molecule has 98 valence electrons. The van der Waals surface area contributed by atoms with Crippen LogP contribution in [0.5, 0.6) is 0 Å². The molecule has 1 aromatic carbocycles. The van der Waals surface area contributed by atoms with Gasteiger partial charge in [-0.1, -0.05) is 0 Å². The number of nitrogens with zero attached hydrogens (tertiary/aromatic N) is 2. The van der Waals surface area contributed by atoms with Gasteiger partial charge < -0.3 is 9.88 Å². The van der Waals surface area contributed by atoms with Crippen molar-refractivity contribution in [1.29, 1.82) is 0 Å². The quantitative estimate of drug-likeness (QED) is 0.896. The molecule has 1 aliphatic heterocycles. The number of rotatable bonds is 2. The number of imidazole rings is 1. The normalized spacial score (nSPS) is 18.4. The molecule has 0 unspecified atom stereocenters. The average Bonchev–Trinajstić information content (AvgIpc) is 3.21. The Labute approximate surface area is 111 Å². The van der Waals surface area contributed by atoms with E-state index < -0.39 is 0 Å². The second-order valence-electron chi connectivity index (χ2n) is 5.38. The minimum absolute atomic E-state index is 0.188. The molecule has 4 rings (SSSR count). The van der Waals surface area contributed by atoms with Crippen LogP contribution in [0.25, 0.3) is 5.69 Å². The maximum Gasteiger partial charge on any atom is 0.123 e. The zero-order valence-electron chi connectivity index (χ0n) is 10.7. The Morgan fingerprint density at radius 2 is 2.00 bits per heavy atom. The molecule has 19 heavy (non-hydrogen) atoms. The van der Waals surface area contributed by atoms with Crippen molar-refractivity contribution < 1.29 is 4.39 Å². The number of halogens is 1. The summed E-state index contributed by atoms with van der Waals surface area (Å²) in [6.45, 7) is 1.84. The molecule has 1 N–H and O–H groups in total. The van der Waals surface area contributed by atoms with Gasteiger partial charge in [0.05, 0.1) is 5.69 Å². The molecule has 1 aliphatic carbocycles. The van der Waals surface area contributed by atoms with Gasteiger partial charge in [0.25, 0.3) is 0 Å². The highest BCUT2D eigenvalue weighted by Gasteiger charge is 2.32. The minimum Gasteiger partial charge on any atom is -0.311 e. The third-order valence-corrected chi connectivity index (χ3v) is 3.94. The van der Waals surface area contributed by atoms with Crippen LogP contribution < -0.4 is 5.32 Å². The summed E-state index contributed by atoms with van der Waals surface area (Å²) in [6.07, 6.45) is 3.45. The number of hydrogen-bond acceptors (Lipinski definition) is 2. The van der Waals surface area contributed by atoms with Crippen molar-refractivity contribution in [2.24, 2.45) is 0 Å². The summed E-state index contributed by atoms with van der Waals surface area (Å²) in [4.78, 5) is 4.82. The van der Waals surface area contributed by atoms with Gasteiger partial charge in [-0.05, 0) is 37.1 Å². The molecule has 0 atom stereocenters. The topological polar surface area (TPSA) is 29.9 Å². The van der Waals surface area contributed by atoms with E-state index in [1.54, 1.807) is 0 Å². The van der Waals surface area contributed by atoms with Crippen LogP contribution in [0.3, 0.4) is 0 Å². The summed E-state index contributed by atoms with van der Waals surface area (Å²) in [5, 5.41) is 3.37. The Hall–Kier alpha value is -1.68. The minimum atomic E-state index is -0.188. The summed E-state index contributed by atoms with van der Waals surface area (Å²) in [5.74, 6) is 1.57. The van der Waals surface area contributed by atoms with Gasteiger partial charge in [0.15, 0.2) is 0 Å². The summed E-state index contributed by atoms with van der Waals surface area (Å²) in [7, 11) is 0. The number of benzene rings is 1. The van der Waals surface area contributed by atoms with E-state index in [2.05, 4.69) is 9.88 Å². The molecular weight excluding hydrogens is 241 g/mol. The smallest absolute Gasteiger partial charge is 0.123 e. The van der Waals surface area contributed by atoms with Gasteiger partial charge in [0.2, 0.25) is 0 Å². The second kappa shape index (κ2) is 4.17. The maximum absolute atomic E-state index is 13.1. The van der Waals surface area contributed by atoms with Crippen molar-refractivity contribution in [1.82, 2.24) is 14.9 Å². The highest BCUT2D eigenvalue weighted by molar-refractivity contribution is 5.40. The highest BCUT2D eigenvalue weighted by atomic mass is 19.1. The maximum atomic E-state index is 13.1. The van der Waals surface area contributed by atoms with Crippen molar-refractivity contribution >= 4 is 0 Å². The number of fused-ring (bicyclic) bond motifs is 1. The Bertz CT molecular complexity index is 611. The number of nitrogens with one attached hydrogen (secondary N) is 1. The van der Waals surface area contributed by atoms with Crippen molar-refractivity contribution in [3.05, 3.63) is 47.3 Å². The van der Waals surface area contributed by atoms with Crippen LogP contribution in [0, 0.1) is 5.82 Å². The van der Waals surface area contributed by atoms with E-state index in [-0.39, 0.29) is 5.82 Å². The summed E-state index contributed by atoms with van der Waals surface area (Å²) < 4.78 is 15.4. The number of hydrogen-bond donors (Lipinski definition) is 1. The van der Waals surface area contributed by atoms with Crippen LogP contribution in [0.4, 0.5) is 4.39 Å². The molecule has 2 heterocycles. The SMILES string of the molecule is Fc1ccc(-n2c(C3CC3)nc3c2CCNC3)cc1. The van der Waals surface area contributed by atoms with Gasteiger partial charge in [0.1, 0.15) is 11.6 Å². The van der Waals surface area contributed by atoms with E-state index >= 15 is 0 Å². The molecule has 0 saturated heterocycles. The average molecular weight is 257 g/mol. The molecule has 2 aliphatic rings. The zero-order chi connectivity index (χ0) is 12.8. The number of aromatic nitrogens is 2. The Morgan fingerprint density at radius 1 is 1.21 bits per heavy atom. The lowest BCUT2D eigenvalue weighted by molar-refractivity contribution is 0.617. The Morgan fingerprint density at radius 3 is 2.74 bits per heavy atom. The molecule has 1 fully saturated rings. The molecule has 0 amide bonds. The van der Waals surface area contributed by atoms with E-state index in [1.807, 2.05) is 12.1 Å². The van der Waals surface area contributed by atoms with Crippen molar-refractivity contribution in [3.8, 4) is 5.69 Å². The van der Waals surface area contributed by atoms with Crippen LogP contribution in [-0.2, 0) is 13.0 Å². The van der Waals surface area contributed by atoms with E-state index in [1.165, 1.54) is 36.5 Å². The first-order chi connectivity index (χ1) is 9.33. The lowest BCUT2D eigenvalue weighted by Gasteiger charge is -2.16. The monoisotopic (exact) mass is 257 g/mol. The van der Waals surface area contributed by atoms with E-state index in [4.69, 9.17) is 4.98 Å². The summed E-state index contributed by atoms with van der Waals surface area (Å²) >= 11 is 0. The molecular formula is C15H16FN3. The van der Waals surface area contributed by atoms with Gasteiger partial charge in [-0.15, -0.1) is 0 Å². The largest absolute Gasteiger partial charge is 0.311 e. The van der Waals surface area contributed by atoms with Gasteiger partial charge in [0, 0.05) is 36.8 Å². The molecule has 4 heteroatoms. The molecule has 1 aromatic heterocycles. The summed E-state index contributed by atoms with van der Waals surface area (Å²) in [5.41, 5.74) is 3.50. The zero-order valence-corrected chi connectivity index (χ0v) is 10.7. The first-order valence-electron chi connectivity index (χ1n) is 6.90. The van der Waals surface area contributed by atoms with E-state index in [0.717, 1.165) is 30.9 Å². The van der Waals surface area contributed by atoms with Gasteiger partial charge in [-0.2, -0.15) is 0 Å². The first-order valence-corrected chi connectivity index (χ1v) is 6.90. The fraction of sp³-hybridized carbons (Fsp3) is 0.400. The van der Waals surface area contributed by atoms with Crippen LogP contribution in [0.1, 0.15) is 36.0 Å². The first kappa shape index (κ1) is 11.2. The molecule has 0 spiro atoms. The predicted octanol–water partition coefficient (Wildman–Crippen LogP) is 2.53. The van der Waals surface area contributed by atoms with Gasteiger partial charge in [-0.3, -0.25) is 0 Å². The fourth-order valence-electron chi connectivity index (χ4n) is 2.83. The van der Waals surface area contributed by atoms with E-state index in [9.17, 15) is 4.39 Å². The van der Waals surface area contributed by atoms with Crippen LogP contribution in [0.15, 0.2) is 24.3 Å². The van der Waals surface area contributed by atoms with Gasteiger partial charge >= 0.3 is 0 Å². The molecule has 1 saturated carbocycles. The fourth-order valence-corrected chi connectivity index (χ4v) is 2.83. The van der Waals surface area contributed by atoms with Crippen molar-refractivity contribution in [2.75, 3.05) is 6.54 Å². The Kier molecular flexibility index (Phi) is 2.45. The van der Waals surface area contributed by atoms with Crippen molar-refractivity contribution in [3.63, 3.8) is 0 Å². The van der Waals surface area contributed by atoms with Crippen LogP contribution >= 0.6 is 0 Å². The Balaban J connectivity index is 1.88. The molecule has 0 radical (unpaired) electrons. The van der Waals surface area contributed by atoms with E-state index in [0.29, 0.717) is 5.92 Å². The van der Waals surface area contributed by atoms with Crippen LogP contribution in [-0.4, -0.2) is 16.1 Å². The van der Waals surface area contributed by atoms with Gasteiger partial charge in [-0.25, -0.2) is 9.37 Å². The molecule has 2 aromatic rings. The molecule has 0 bridgehead atoms. The highest BCUT2D eigenvalue weighted by Crippen LogP contribution is 2.41. The lowest BCUT2D eigenvalue weighted by Crippen LogP contribution is -2.24. The summed E-state index contributed by atoms with van der Waals surface area (Å²) in [6, 6.07) is 6.76. The van der Waals surface area contributed by atoms with Crippen LogP contribution in [0.2, 0.25) is 0 Å². The predicted molar refractivity (Wildman–Crippen MR) is 70.9 cm³/mol. The third kappa shape index (κ3) is 1.87. The standard InChI is InChI=1S/C15H16FN3/c16-11-3-5-12(6-4-11)19-14-7-8-17-9-13(14)18-15(19)10-1-2-10/h3-6,10,17H,1-2,7-9H2. The lowest BCUT2D eigenvalue weighted by atomic mass is 10.1. The molecule has 3 nitrogen and oxygen atoms in total. The van der Waals surface area contributed by atoms with Crippen molar-refractivity contribution in [2.45, 2.75) is 31.7 Å². The second-order valence-corrected chi connectivity index (χ2v) is 5.38. The third-order valence-electron chi connectivity index (χ3n) is 3.94.